The number of benzene rings is 1. The van der Waals surface area contributed by atoms with Crippen molar-refractivity contribution in [1.82, 2.24) is 9.78 Å². The Morgan fingerprint density at radius 1 is 1.18 bits per heavy atom. The Morgan fingerprint density at radius 3 is 2.24 bits per heavy atom. The SMILES string of the molecule is Cc1nn(C)c(N2Cc3ccccc3C2)c1N. The van der Waals surface area contributed by atoms with E-state index in [1.165, 1.54) is 11.1 Å². The van der Waals surface area contributed by atoms with Crippen molar-refractivity contribution in [2.45, 2.75) is 20.0 Å². The van der Waals surface area contributed by atoms with Gasteiger partial charge in [0.15, 0.2) is 5.82 Å². The zero-order valence-electron chi connectivity index (χ0n) is 10.1. The molecular weight excluding hydrogens is 212 g/mol. The van der Waals surface area contributed by atoms with E-state index in [4.69, 9.17) is 5.73 Å². The standard InChI is InChI=1S/C13H16N4/c1-9-12(14)13(16(2)15-9)17-7-10-5-3-4-6-11(10)8-17/h3-6H,7-8,14H2,1-2H3. The van der Waals surface area contributed by atoms with Gasteiger partial charge in [-0.15, -0.1) is 0 Å². The third-order valence-corrected chi connectivity index (χ3v) is 3.38. The first-order chi connectivity index (χ1) is 8.16. The van der Waals surface area contributed by atoms with E-state index in [1.54, 1.807) is 0 Å². The van der Waals surface area contributed by atoms with Crippen LogP contribution in [0.25, 0.3) is 0 Å². The van der Waals surface area contributed by atoms with Crippen molar-refractivity contribution in [2.24, 2.45) is 7.05 Å². The van der Waals surface area contributed by atoms with Gasteiger partial charge in [-0.1, -0.05) is 24.3 Å². The smallest absolute Gasteiger partial charge is 0.151 e. The van der Waals surface area contributed by atoms with E-state index in [1.807, 2.05) is 18.7 Å². The van der Waals surface area contributed by atoms with Gasteiger partial charge in [0.25, 0.3) is 0 Å². The molecule has 0 atom stereocenters. The lowest BCUT2D eigenvalue weighted by molar-refractivity contribution is 0.715. The van der Waals surface area contributed by atoms with Gasteiger partial charge in [-0.2, -0.15) is 5.10 Å². The molecule has 1 aliphatic heterocycles. The van der Waals surface area contributed by atoms with Crippen LogP contribution in [0.4, 0.5) is 11.5 Å². The molecule has 17 heavy (non-hydrogen) atoms. The lowest BCUT2D eigenvalue weighted by Crippen LogP contribution is -2.19. The van der Waals surface area contributed by atoms with Crippen LogP contribution in [-0.4, -0.2) is 9.78 Å². The lowest BCUT2D eigenvalue weighted by atomic mass is 10.1. The van der Waals surface area contributed by atoms with E-state index in [0.717, 1.165) is 30.3 Å². The molecule has 4 heteroatoms. The molecule has 3 rings (SSSR count). The first kappa shape index (κ1) is 10.2. The summed E-state index contributed by atoms with van der Waals surface area (Å²) in [5.74, 6) is 1.03. The van der Waals surface area contributed by atoms with Crippen LogP contribution in [0.5, 0.6) is 0 Å². The van der Waals surface area contributed by atoms with Gasteiger partial charge in [0, 0.05) is 20.1 Å². The molecule has 88 valence electrons. The maximum atomic E-state index is 6.09. The van der Waals surface area contributed by atoms with Crippen LogP contribution in [-0.2, 0) is 20.1 Å². The second-order valence-corrected chi connectivity index (χ2v) is 4.57. The highest BCUT2D eigenvalue weighted by Crippen LogP contribution is 2.32. The van der Waals surface area contributed by atoms with E-state index >= 15 is 0 Å². The maximum Gasteiger partial charge on any atom is 0.151 e. The molecule has 1 aliphatic rings. The van der Waals surface area contributed by atoms with Crippen molar-refractivity contribution in [3.63, 3.8) is 0 Å². The Morgan fingerprint density at radius 2 is 1.76 bits per heavy atom. The number of aromatic nitrogens is 2. The molecule has 0 saturated carbocycles. The Bertz CT molecular complexity index is 546. The topological polar surface area (TPSA) is 47.1 Å². The van der Waals surface area contributed by atoms with E-state index in [0.29, 0.717) is 0 Å². The van der Waals surface area contributed by atoms with Gasteiger partial charge in [0.2, 0.25) is 0 Å². The number of hydrogen-bond acceptors (Lipinski definition) is 3. The number of hydrogen-bond donors (Lipinski definition) is 1. The minimum Gasteiger partial charge on any atom is -0.394 e. The van der Waals surface area contributed by atoms with Crippen LogP contribution >= 0.6 is 0 Å². The van der Waals surface area contributed by atoms with Crippen molar-refractivity contribution in [3.8, 4) is 0 Å². The number of nitrogens with zero attached hydrogens (tertiary/aromatic N) is 3. The van der Waals surface area contributed by atoms with Gasteiger partial charge in [-0.25, -0.2) is 0 Å². The number of anilines is 2. The normalized spacial score (nSPS) is 14.1. The van der Waals surface area contributed by atoms with E-state index < -0.39 is 0 Å². The predicted molar refractivity (Wildman–Crippen MR) is 68.7 cm³/mol. The van der Waals surface area contributed by atoms with Gasteiger partial charge < -0.3 is 10.6 Å². The molecule has 0 radical (unpaired) electrons. The number of rotatable bonds is 1. The summed E-state index contributed by atoms with van der Waals surface area (Å²) >= 11 is 0. The van der Waals surface area contributed by atoms with E-state index in [9.17, 15) is 0 Å². The zero-order valence-corrected chi connectivity index (χ0v) is 10.1. The quantitative estimate of drug-likeness (QED) is 0.810. The maximum absolute atomic E-state index is 6.09. The van der Waals surface area contributed by atoms with Crippen molar-refractivity contribution >= 4 is 11.5 Å². The fraction of sp³-hybridized carbons (Fsp3) is 0.308. The summed E-state index contributed by atoms with van der Waals surface area (Å²) < 4.78 is 1.87. The molecule has 2 N–H and O–H groups in total. The Balaban J connectivity index is 1.99. The lowest BCUT2D eigenvalue weighted by Gasteiger charge is -2.18. The summed E-state index contributed by atoms with van der Waals surface area (Å²) in [6, 6.07) is 8.52. The fourth-order valence-corrected chi connectivity index (χ4v) is 2.52. The molecule has 2 heterocycles. The van der Waals surface area contributed by atoms with E-state index in [2.05, 4.69) is 34.3 Å². The second-order valence-electron chi connectivity index (χ2n) is 4.57. The highest BCUT2D eigenvalue weighted by molar-refractivity contribution is 5.67. The fourth-order valence-electron chi connectivity index (χ4n) is 2.52. The van der Waals surface area contributed by atoms with Crippen molar-refractivity contribution in [1.29, 1.82) is 0 Å². The molecule has 0 amide bonds. The Kier molecular flexibility index (Phi) is 2.11. The molecule has 0 aliphatic carbocycles. The largest absolute Gasteiger partial charge is 0.394 e. The molecular formula is C13H16N4. The third-order valence-electron chi connectivity index (χ3n) is 3.38. The van der Waals surface area contributed by atoms with Gasteiger partial charge in [-0.3, -0.25) is 4.68 Å². The molecule has 0 saturated heterocycles. The Labute approximate surface area is 101 Å². The van der Waals surface area contributed by atoms with E-state index in [-0.39, 0.29) is 0 Å². The van der Waals surface area contributed by atoms with Crippen LogP contribution in [0, 0.1) is 6.92 Å². The zero-order chi connectivity index (χ0) is 12.0. The molecule has 0 fully saturated rings. The highest BCUT2D eigenvalue weighted by Gasteiger charge is 2.23. The van der Waals surface area contributed by atoms with Crippen molar-refractivity contribution in [3.05, 3.63) is 41.1 Å². The molecule has 0 spiro atoms. The van der Waals surface area contributed by atoms with Crippen LogP contribution in [0.3, 0.4) is 0 Å². The number of nitrogens with two attached hydrogens (primary N) is 1. The average Bonchev–Trinajstić information content (AvgIpc) is 2.81. The monoisotopic (exact) mass is 228 g/mol. The number of fused-ring (bicyclic) bond motifs is 1. The first-order valence-corrected chi connectivity index (χ1v) is 5.77. The molecule has 4 nitrogen and oxygen atoms in total. The third kappa shape index (κ3) is 1.48. The number of aryl methyl sites for hydroxylation is 2. The van der Waals surface area contributed by atoms with Crippen LogP contribution in [0.1, 0.15) is 16.8 Å². The Hall–Kier alpha value is -1.97. The minimum absolute atomic E-state index is 0.792. The summed E-state index contributed by atoms with van der Waals surface area (Å²) in [6.45, 7) is 3.78. The molecule has 2 aromatic rings. The number of nitrogen functional groups attached to an aromatic ring is 1. The molecule has 0 bridgehead atoms. The minimum atomic E-state index is 0.792. The van der Waals surface area contributed by atoms with Crippen LogP contribution in [0.15, 0.2) is 24.3 Å². The van der Waals surface area contributed by atoms with Gasteiger partial charge in [0.05, 0.1) is 11.4 Å². The van der Waals surface area contributed by atoms with Crippen LogP contribution in [0.2, 0.25) is 0 Å². The molecule has 0 unspecified atom stereocenters. The first-order valence-electron chi connectivity index (χ1n) is 5.77. The summed E-state index contributed by atoms with van der Waals surface area (Å²) in [7, 11) is 1.95. The average molecular weight is 228 g/mol. The molecule has 1 aromatic carbocycles. The van der Waals surface area contributed by atoms with Gasteiger partial charge in [-0.05, 0) is 18.1 Å². The second kappa shape index (κ2) is 3.52. The summed E-state index contributed by atoms with van der Waals surface area (Å²) in [5, 5.41) is 4.37. The van der Waals surface area contributed by atoms with Crippen LogP contribution < -0.4 is 10.6 Å². The van der Waals surface area contributed by atoms with Crippen molar-refractivity contribution in [2.75, 3.05) is 10.6 Å². The summed E-state index contributed by atoms with van der Waals surface area (Å²) in [6.07, 6.45) is 0. The van der Waals surface area contributed by atoms with Crippen molar-refractivity contribution < 1.29 is 0 Å². The molecule has 1 aromatic heterocycles. The summed E-state index contributed by atoms with van der Waals surface area (Å²) in [5.41, 5.74) is 10.5. The predicted octanol–water partition coefficient (Wildman–Crippen LogP) is 1.83. The highest BCUT2D eigenvalue weighted by atomic mass is 15.4. The summed E-state index contributed by atoms with van der Waals surface area (Å²) in [4.78, 5) is 2.28. The van der Waals surface area contributed by atoms with Gasteiger partial charge in [0.1, 0.15) is 0 Å². The van der Waals surface area contributed by atoms with Gasteiger partial charge >= 0.3 is 0 Å².